The molecule has 2 saturated carbocycles. The van der Waals surface area contributed by atoms with Gasteiger partial charge in [0.1, 0.15) is 0 Å². The van der Waals surface area contributed by atoms with Crippen LogP contribution in [0.25, 0.3) is 0 Å². The van der Waals surface area contributed by atoms with Gasteiger partial charge in [0.25, 0.3) is 0 Å². The molecule has 0 amide bonds. The number of rotatable bonds is 3. The second kappa shape index (κ2) is 3.33. The number of hydrogen-bond donors (Lipinski definition) is 1. The average molecular weight is 219 g/mol. The van der Waals surface area contributed by atoms with Crippen molar-refractivity contribution in [3.05, 3.63) is 17.5 Å². The van der Waals surface area contributed by atoms with E-state index < -0.39 is 0 Å². The Bertz CT molecular complexity index is 397. The summed E-state index contributed by atoms with van der Waals surface area (Å²) in [5.74, 6) is 0.723. The van der Waals surface area contributed by atoms with Crippen LogP contribution in [0.1, 0.15) is 69.2 Å². The van der Waals surface area contributed by atoms with Crippen LogP contribution in [-0.4, -0.2) is 9.78 Å². The van der Waals surface area contributed by atoms with Gasteiger partial charge in [-0.2, -0.15) is 5.10 Å². The molecule has 3 heteroatoms. The predicted molar refractivity (Wildman–Crippen MR) is 64.3 cm³/mol. The van der Waals surface area contributed by atoms with Crippen molar-refractivity contribution in [1.29, 1.82) is 0 Å². The minimum absolute atomic E-state index is 0.0297. The van der Waals surface area contributed by atoms with Crippen LogP contribution in [0.2, 0.25) is 0 Å². The Morgan fingerprint density at radius 3 is 2.56 bits per heavy atom. The van der Waals surface area contributed by atoms with Gasteiger partial charge in [-0.25, -0.2) is 0 Å². The number of nitrogens with zero attached hydrogens (tertiary/aromatic N) is 2. The molecule has 2 N–H and O–H groups in total. The van der Waals surface area contributed by atoms with Crippen molar-refractivity contribution in [3.8, 4) is 0 Å². The van der Waals surface area contributed by atoms with Gasteiger partial charge >= 0.3 is 0 Å². The molecular formula is C13H21N3. The van der Waals surface area contributed by atoms with Crippen molar-refractivity contribution in [1.82, 2.24) is 9.78 Å². The summed E-state index contributed by atoms with van der Waals surface area (Å²) < 4.78 is 2.20. The molecule has 1 aromatic rings. The number of aromatic nitrogens is 2. The summed E-state index contributed by atoms with van der Waals surface area (Å²) in [6.07, 6.45) is 8.31. The first-order valence-electron chi connectivity index (χ1n) is 6.48. The minimum atomic E-state index is -0.0297. The Morgan fingerprint density at radius 2 is 2.12 bits per heavy atom. The summed E-state index contributed by atoms with van der Waals surface area (Å²) in [7, 11) is 0. The van der Waals surface area contributed by atoms with Crippen LogP contribution in [0, 0.1) is 0 Å². The first-order valence-corrected chi connectivity index (χ1v) is 6.48. The zero-order valence-corrected chi connectivity index (χ0v) is 10.2. The zero-order chi connectivity index (χ0) is 11.3. The molecule has 0 aromatic carbocycles. The molecule has 3 rings (SSSR count). The zero-order valence-electron chi connectivity index (χ0n) is 10.2. The lowest BCUT2D eigenvalue weighted by Gasteiger charge is -2.29. The molecule has 2 aliphatic rings. The summed E-state index contributed by atoms with van der Waals surface area (Å²) in [4.78, 5) is 0. The van der Waals surface area contributed by atoms with E-state index in [0.29, 0.717) is 6.04 Å². The van der Waals surface area contributed by atoms with E-state index in [1.165, 1.54) is 30.5 Å². The third kappa shape index (κ3) is 1.41. The van der Waals surface area contributed by atoms with Crippen molar-refractivity contribution in [2.45, 2.75) is 63.5 Å². The fourth-order valence-corrected chi connectivity index (χ4v) is 2.66. The first kappa shape index (κ1) is 10.3. The van der Waals surface area contributed by atoms with Gasteiger partial charge in [0, 0.05) is 28.8 Å². The second-order valence-corrected chi connectivity index (χ2v) is 5.77. The lowest BCUT2D eigenvalue weighted by molar-refractivity contribution is 0.371. The fourth-order valence-electron chi connectivity index (χ4n) is 2.66. The monoisotopic (exact) mass is 219 g/mol. The van der Waals surface area contributed by atoms with E-state index in [9.17, 15) is 0 Å². The highest BCUT2D eigenvalue weighted by molar-refractivity contribution is 5.35. The van der Waals surface area contributed by atoms with Crippen molar-refractivity contribution in [2.24, 2.45) is 5.73 Å². The second-order valence-electron chi connectivity index (χ2n) is 5.77. The molecule has 1 heterocycles. The standard InChI is InChI=1S/C13H21N3/c1-9(2)16-12(10-4-3-5-10)11(8-15-16)13(14)6-7-13/h8-10H,3-7,14H2,1-2H3. The SMILES string of the molecule is CC(C)n1ncc(C2(N)CC2)c1C1CCC1. The Labute approximate surface area is 97.0 Å². The summed E-state index contributed by atoms with van der Waals surface area (Å²) in [5.41, 5.74) is 9.10. The molecule has 16 heavy (non-hydrogen) atoms. The lowest BCUT2D eigenvalue weighted by atomic mass is 9.80. The summed E-state index contributed by atoms with van der Waals surface area (Å²) in [5, 5.41) is 4.56. The smallest absolute Gasteiger partial charge is 0.0543 e. The van der Waals surface area contributed by atoms with Gasteiger partial charge in [-0.05, 0) is 39.5 Å². The van der Waals surface area contributed by atoms with E-state index in [1.54, 1.807) is 0 Å². The highest BCUT2D eigenvalue weighted by Crippen LogP contribution is 2.49. The van der Waals surface area contributed by atoms with Crippen LogP contribution in [0.15, 0.2) is 6.20 Å². The molecule has 0 aliphatic heterocycles. The number of hydrogen-bond acceptors (Lipinski definition) is 2. The Hall–Kier alpha value is -0.830. The van der Waals surface area contributed by atoms with Crippen LogP contribution in [0.5, 0.6) is 0 Å². The lowest BCUT2D eigenvalue weighted by Crippen LogP contribution is -2.24. The molecular weight excluding hydrogens is 198 g/mol. The molecule has 88 valence electrons. The normalized spacial score (nSPS) is 23.5. The van der Waals surface area contributed by atoms with E-state index in [-0.39, 0.29) is 5.54 Å². The van der Waals surface area contributed by atoms with Crippen LogP contribution in [-0.2, 0) is 5.54 Å². The molecule has 0 spiro atoms. The largest absolute Gasteiger partial charge is 0.321 e. The van der Waals surface area contributed by atoms with Crippen LogP contribution >= 0.6 is 0 Å². The maximum absolute atomic E-state index is 6.35. The third-order valence-corrected chi connectivity index (χ3v) is 4.14. The summed E-state index contributed by atoms with van der Waals surface area (Å²) >= 11 is 0. The molecule has 0 saturated heterocycles. The van der Waals surface area contributed by atoms with Gasteiger partial charge in [-0.3, -0.25) is 4.68 Å². The number of nitrogens with two attached hydrogens (primary N) is 1. The van der Waals surface area contributed by atoms with Crippen LogP contribution in [0.4, 0.5) is 0 Å². The quantitative estimate of drug-likeness (QED) is 0.849. The minimum Gasteiger partial charge on any atom is -0.321 e. The molecule has 3 nitrogen and oxygen atoms in total. The molecule has 0 atom stereocenters. The first-order chi connectivity index (χ1) is 7.62. The van der Waals surface area contributed by atoms with E-state index in [2.05, 4.69) is 23.6 Å². The highest BCUT2D eigenvalue weighted by atomic mass is 15.3. The summed E-state index contributed by atoms with van der Waals surface area (Å²) in [6, 6.07) is 0.451. The van der Waals surface area contributed by atoms with E-state index in [4.69, 9.17) is 5.73 Å². The van der Waals surface area contributed by atoms with Crippen LogP contribution in [0.3, 0.4) is 0 Å². The predicted octanol–water partition coefficient (Wildman–Crippen LogP) is 2.68. The molecule has 0 unspecified atom stereocenters. The van der Waals surface area contributed by atoms with Crippen molar-refractivity contribution < 1.29 is 0 Å². The molecule has 1 aromatic heterocycles. The maximum Gasteiger partial charge on any atom is 0.0543 e. The topological polar surface area (TPSA) is 43.8 Å². The Kier molecular flexibility index (Phi) is 2.15. The van der Waals surface area contributed by atoms with Crippen molar-refractivity contribution in [2.75, 3.05) is 0 Å². The third-order valence-electron chi connectivity index (χ3n) is 4.14. The van der Waals surface area contributed by atoms with E-state index >= 15 is 0 Å². The van der Waals surface area contributed by atoms with Crippen molar-refractivity contribution in [3.63, 3.8) is 0 Å². The van der Waals surface area contributed by atoms with Crippen molar-refractivity contribution >= 4 is 0 Å². The highest BCUT2D eigenvalue weighted by Gasteiger charge is 2.45. The van der Waals surface area contributed by atoms with Gasteiger partial charge < -0.3 is 5.73 Å². The Morgan fingerprint density at radius 1 is 1.44 bits per heavy atom. The molecule has 2 fully saturated rings. The van der Waals surface area contributed by atoms with Gasteiger partial charge in [0.05, 0.1) is 6.20 Å². The molecule has 2 aliphatic carbocycles. The van der Waals surface area contributed by atoms with E-state index in [0.717, 1.165) is 18.8 Å². The van der Waals surface area contributed by atoms with Gasteiger partial charge in [-0.15, -0.1) is 0 Å². The van der Waals surface area contributed by atoms with E-state index in [1.807, 2.05) is 6.20 Å². The fraction of sp³-hybridized carbons (Fsp3) is 0.769. The van der Waals surface area contributed by atoms with Gasteiger partial charge in [-0.1, -0.05) is 6.42 Å². The average Bonchev–Trinajstić information content (AvgIpc) is 2.75. The summed E-state index contributed by atoms with van der Waals surface area (Å²) in [6.45, 7) is 4.41. The molecule has 0 radical (unpaired) electrons. The van der Waals surface area contributed by atoms with Crippen LogP contribution < -0.4 is 5.73 Å². The maximum atomic E-state index is 6.35. The van der Waals surface area contributed by atoms with Gasteiger partial charge in [0.15, 0.2) is 0 Å². The van der Waals surface area contributed by atoms with Gasteiger partial charge in [0.2, 0.25) is 0 Å². The molecule has 0 bridgehead atoms. The Balaban J connectivity index is 2.04.